The molecule has 0 aromatic heterocycles. The van der Waals surface area contributed by atoms with Gasteiger partial charge in [0.25, 0.3) is 0 Å². The van der Waals surface area contributed by atoms with Gasteiger partial charge in [0.15, 0.2) is 0 Å². The average Bonchev–Trinajstić information content (AvgIpc) is 2.52. The summed E-state index contributed by atoms with van der Waals surface area (Å²) in [6, 6.07) is 9.51. The van der Waals surface area contributed by atoms with Crippen LogP contribution in [0.4, 0.5) is 0 Å². The lowest BCUT2D eigenvalue weighted by Crippen LogP contribution is -2.38. The van der Waals surface area contributed by atoms with Crippen molar-refractivity contribution in [3.8, 4) is 0 Å². The van der Waals surface area contributed by atoms with Gasteiger partial charge in [-0.1, -0.05) is 36.4 Å². The van der Waals surface area contributed by atoms with Gasteiger partial charge in [-0.25, -0.2) is 0 Å². The van der Waals surface area contributed by atoms with Crippen LogP contribution in [0.25, 0.3) is 0 Å². The Hall–Kier alpha value is -1.65. The van der Waals surface area contributed by atoms with E-state index in [-0.39, 0.29) is 24.5 Å². The lowest BCUT2D eigenvalue weighted by Gasteiger charge is -2.28. The van der Waals surface area contributed by atoms with E-state index in [9.17, 15) is 4.79 Å². The van der Waals surface area contributed by atoms with Crippen molar-refractivity contribution in [2.75, 3.05) is 13.2 Å². The molecule has 4 atom stereocenters. The lowest BCUT2D eigenvalue weighted by atomic mass is 9.84. The highest BCUT2D eigenvalue weighted by atomic mass is 16.5. The van der Waals surface area contributed by atoms with Crippen LogP contribution >= 0.6 is 0 Å². The fourth-order valence-corrected chi connectivity index (χ4v) is 2.75. The maximum absolute atomic E-state index is 11.8. The fraction of sp³-hybridized carbons (Fsp3) is 0.471. The van der Waals surface area contributed by atoms with Crippen LogP contribution in [0.3, 0.4) is 0 Å². The summed E-state index contributed by atoms with van der Waals surface area (Å²) in [7, 11) is 0. The summed E-state index contributed by atoms with van der Waals surface area (Å²) >= 11 is 0. The van der Waals surface area contributed by atoms with Crippen molar-refractivity contribution in [3.63, 3.8) is 0 Å². The summed E-state index contributed by atoms with van der Waals surface area (Å²) in [5.74, 6) is -0.160. The Balaban J connectivity index is 2.16. The number of esters is 1. The second kappa shape index (κ2) is 7.38. The predicted octanol–water partition coefficient (Wildman–Crippen LogP) is 1.94. The van der Waals surface area contributed by atoms with Crippen LogP contribution in [-0.4, -0.2) is 31.3 Å². The quantitative estimate of drug-likeness (QED) is 0.682. The van der Waals surface area contributed by atoms with Crippen LogP contribution in [-0.2, 0) is 20.7 Å². The van der Waals surface area contributed by atoms with Gasteiger partial charge in [0, 0.05) is 5.92 Å². The molecule has 0 aliphatic carbocycles. The van der Waals surface area contributed by atoms with Gasteiger partial charge in [0.2, 0.25) is 0 Å². The van der Waals surface area contributed by atoms with E-state index in [1.807, 2.05) is 31.2 Å². The summed E-state index contributed by atoms with van der Waals surface area (Å²) in [6.07, 6.45) is 2.46. The van der Waals surface area contributed by atoms with E-state index in [1.165, 1.54) is 5.56 Å². The first-order chi connectivity index (χ1) is 10.1. The molecular weight excluding hydrogens is 266 g/mol. The van der Waals surface area contributed by atoms with Gasteiger partial charge < -0.3 is 15.2 Å². The zero-order valence-corrected chi connectivity index (χ0v) is 12.4. The molecule has 1 aliphatic heterocycles. The molecule has 114 valence electrons. The Bertz CT molecular complexity index is 474. The molecule has 2 N–H and O–H groups in total. The van der Waals surface area contributed by atoms with E-state index in [4.69, 9.17) is 15.2 Å². The molecule has 0 spiro atoms. The van der Waals surface area contributed by atoms with Crippen LogP contribution in [0, 0.1) is 11.8 Å². The molecule has 2 rings (SSSR count). The molecule has 0 unspecified atom stereocenters. The van der Waals surface area contributed by atoms with E-state index in [1.54, 1.807) is 0 Å². The molecule has 0 amide bonds. The maximum atomic E-state index is 11.8. The third-order valence-corrected chi connectivity index (χ3v) is 3.93. The normalized spacial score (nSPS) is 30.7. The van der Waals surface area contributed by atoms with Crippen molar-refractivity contribution < 1.29 is 14.3 Å². The molecule has 21 heavy (non-hydrogen) atoms. The second-order valence-electron chi connectivity index (χ2n) is 5.55. The fourth-order valence-electron chi connectivity index (χ4n) is 2.75. The third-order valence-electron chi connectivity index (χ3n) is 3.93. The Morgan fingerprint density at radius 2 is 2.05 bits per heavy atom. The van der Waals surface area contributed by atoms with E-state index in [2.05, 4.69) is 18.7 Å². The van der Waals surface area contributed by atoms with Crippen LogP contribution in [0.1, 0.15) is 12.5 Å². The van der Waals surface area contributed by atoms with Crippen LogP contribution in [0.15, 0.2) is 43.0 Å². The van der Waals surface area contributed by atoms with E-state index in [0.717, 1.165) is 6.42 Å². The first-order valence-corrected chi connectivity index (χ1v) is 7.32. The van der Waals surface area contributed by atoms with E-state index >= 15 is 0 Å². The molecule has 0 radical (unpaired) electrons. The summed E-state index contributed by atoms with van der Waals surface area (Å²) in [5, 5.41) is 0. The van der Waals surface area contributed by atoms with Crippen molar-refractivity contribution >= 4 is 5.97 Å². The van der Waals surface area contributed by atoms with Gasteiger partial charge in [-0.2, -0.15) is 0 Å². The van der Waals surface area contributed by atoms with Gasteiger partial charge in [-0.15, -0.1) is 6.58 Å². The molecular formula is C17H23NO3. The minimum atomic E-state index is -0.714. The first-order valence-electron chi connectivity index (χ1n) is 7.32. The van der Waals surface area contributed by atoms with Crippen molar-refractivity contribution in [2.45, 2.75) is 25.5 Å². The van der Waals surface area contributed by atoms with Crippen LogP contribution in [0.2, 0.25) is 0 Å². The van der Waals surface area contributed by atoms with Gasteiger partial charge in [0.05, 0.1) is 13.2 Å². The molecule has 1 aromatic rings. The number of rotatable bonds is 3. The maximum Gasteiger partial charge on any atom is 0.325 e. The van der Waals surface area contributed by atoms with Gasteiger partial charge in [-0.05, 0) is 24.8 Å². The standard InChI is InChI=1S/C17H23NO3/c1-3-15-12(2)21-17(19)16(18)11-20-10-14(15)9-13-7-5-4-6-8-13/h3-8,12,14-16H,1,9-11,18H2,2H3/t12-,14-,15-,16-/m0/s1. The number of hydrogen-bond acceptors (Lipinski definition) is 4. The summed E-state index contributed by atoms with van der Waals surface area (Å²) < 4.78 is 11.1. The molecule has 0 bridgehead atoms. The highest BCUT2D eigenvalue weighted by Gasteiger charge is 2.31. The first kappa shape index (κ1) is 15.7. The average molecular weight is 289 g/mol. The molecule has 0 saturated carbocycles. The SMILES string of the molecule is C=C[C@@H]1[C@@H](Cc2ccccc2)COC[C@H](N)C(=O)O[C@H]1C. The highest BCUT2D eigenvalue weighted by Crippen LogP contribution is 2.25. The Morgan fingerprint density at radius 1 is 1.33 bits per heavy atom. The van der Waals surface area contributed by atoms with Crippen molar-refractivity contribution in [2.24, 2.45) is 17.6 Å². The molecule has 4 nitrogen and oxygen atoms in total. The number of ether oxygens (including phenoxy) is 2. The minimum Gasteiger partial charge on any atom is -0.461 e. The second-order valence-corrected chi connectivity index (χ2v) is 5.55. The van der Waals surface area contributed by atoms with Gasteiger partial charge >= 0.3 is 5.97 Å². The predicted molar refractivity (Wildman–Crippen MR) is 81.7 cm³/mol. The molecule has 1 saturated heterocycles. The number of cyclic esters (lactones) is 1. The van der Waals surface area contributed by atoms with Crippen LogP contribution in [0.5, 0.6) is 0 Å². The number of hydrogen-bond donors (Lipinski definition) is 1. The lowest BCUT2D eigenvalue weighted by molar-refractivity contribution is -0.152. The number of carbonyl (C=O) groups excluding carboxylic acids is 1. The Morgan fingerprint density at radius 3 is 2.71 bits per heavy atom. The smallest absolute Gasteiger partial charge is 0.325 e. The monoisotopic (exact) mass is 289 g/mol. The minimum absolute atomic E-state index is 0.0412. The highest BCUT2D eigenvalue weighted by molar-refractivity contribution is 5.75. The third kappa shape index (κ3) is 4.16. The largest absolute Gasteiger partial charge is 0.461 e. The van der Waals surface area contributed by atoms with Gasteiger partial charge in [0.1, 0.15) is 12.1 Å². The zero-order valence-electron chi connectivity index (χ0n) is 12.4. The van der Waals surface area contributed by atoms with E-state index in [0.29, 0.717) is 6.61 Å². The number of carbonyl (C=O) groups is 1. The van der Waals surface area contributed by atoms with Crippen molar-refractivity contribution in [1.82, 2.24) is 0 Å². The van der Waals surface area contributed by atoms with Crippen LogP contribution < -0.4 is 5.73 Å². The summed E-state index contributed by atoms with van der Waals surface area (Å²) in [6.45, 7) is 6.52. The zero-order chi connectivity index (χ0) is 15.2. The van der Waals surface area contributed by atoms with E-state index < -0.39 is 12.0 Å². The summed E-state index contributed by atoms with van der Waals surface area (Å²) in [4.78, 5) is 11.8. The summed E-state index contributed by atoms with van der Waals surface area (Å²) in [5.41, 5.74) is 6.98. The van der Waals surface area contributed by atoms with Gasteiger partial charge in [-0.3, -0.25) is 4.79 Å². The number of benzene rings is 1. The molecule has 1 aliphatic rings. The van der Waals surface area contributed by atoms with Crippen molar-refractivity contribution in [3.05, 3.63) is 48.6 Å². The van der Waals surface area contributed by atoms with Crippen molar-refractivity contribution in [1.29, 1.82) is 0 Å². The topological polar surface area (TPSA) is 61.5 Å². The Labute approximate surface area is 125 Å². The molecule has 4 heteroatoms. The Kier molecular flexibility index (Phi) is 5.53. The molecule has 1 aromatic carbocycles. The molecule has 1 heterocycles. The molecule has 1 fully saturated rings. The number of nitrogens with two attached hydrogens (primary N) is 1.